The van der Waals surface area contributed by atoms with Gasteiger partial charge in [0.05, 0.1) is 11.2 Å². The fourth-order valence-electron chi connectivity index (χ4n) is 3.52. The van der Waals surface area contributed by atoms with Gasteiger partial charge in [0.25, 0.3) is 0 Å². The molecule has 2 fully saturated rings. The van der Waals surface area contributed by atoms with Crippen molar-refractivity contribution in [3.05, 3.63) is 15.6 Å². The molecule has 2 atom stereocenters. The SMILES string of the molecule is CCc1nc(C2(NC3CC3)CCCC(C)C2)sc1C. The minimum absolute atomic E-state index is 0.196. The van der Waals surface area contributed by atoms with E-state index in [9.17, 15) is 0 Å². The van der Waals surface area contributed by atoms with E-state index in [1.54, 1.807) is 0 Å². The van der Waals surface area contributed by atoms with Crippen molar-refractivity contribution in [2.24, 2.45) is 5.92 Å². The van der Waals surface area contributed by atoms with E-state index in [0.717, 1.165) is 18.4 Å². The summed E-state index contributed by atoms with van der Waals surface area (Å²) in [4.78, 5) is 6.42. The Balaban J connectivity index is 1.92. The lowest BCUT2D eigenvalue weighted by Gasteiger charge is -2.39. The first-order chi connectivity index (χ1) is 9.13. The van der Waals surface area contributed by atoms with Crippen LogP contribution in [-0.2, 0) is 12.0 Å². The zero-order chi connectivity index (χ0) is 13.5. The maximum atomic E-state index is 5.00. The summed E-state index contributed by atoms with van der Waals surface area (Å²) < 4.78 is 0. The molecule has 2 nitrogen and oxygen atoms in total. The Bertz CT molecular complexity index is 446. The van der Waals surface area contributed by atoms with E-state index in [0.29, 0.717) is 0 Å². The molecule has 0 bridgehead atoms. The lowest BCUT2D eigenvalue weighted by atomic mass is 9.76. The minimum Gasteiger partial charge on any atom is -0.303 e. The van der Waals surface area contributed by atoms with Crippen LogP contribution in [0.15, 0.2) is 0 Å². The molecular formula is C16H26N2S. The average molecular weight is 278 g/mol. The van der Waals surface area contributed by atoms with Gasteiger partial charge in [0, 0.05) is 10.9 Å². The molecule has 1 heterocycles. The molecule has 3 rings (SSSR count). The number of rotatable bonds is 4. The van der Waals surface area contributed by atoms with Crippen LogP contribution in [-0.4, -0.2) is 11.0 Å². The van der Waals surface area contributed by atoms with E-state index in [-0.39, 0.29) is 5.54 Å². The lowest BCUT2D eigenvalue weighted by Crippen LogP contribution is -2.46. The predicted molar refractivity (Wildman–Crippen MR) is 81.7 cm³/mol. The van der Waals surface area contributed by atoms with Gasteiger partial charge >= 0.3 is 0 Å². The monoisotopic (exact) mass is 278 g/mol. The third kappa shape index (κ3) is 2.73. The van der Waals surface area contributed by atoms with E-state index < -0.39 is 0 Å². The molecule has 0 radical (unpaired) electrons. The largest absolute Gasteiger partial charge is 0.303 e. The van der Waals surface area contributed by atoms with E-state index in [2.05, 4.69) is 26.1 Å². The molecule has 1 aromatic heterocycles. The second kappa shape index (κ2) is 5.17. The van der Waals surface area contributed by atoms with Crippen molar-refractivity contribution in [2.45, 2.75) is 77.3 Å². The summed E-state index contributed by atoms with van der Waals surface area (Å²) in [6, 6.07) is 0.764. The molecule has 2 aliphatic rings. The highest BCUT2D eigenvalue weighted by molar-refractivity contribution is 7.11. The van der Waals surface area contributed by atoms with Crippen molar-refractivity contribution in [1.29, 1.82) is 0 Å². The van der Waals surface area contributed by atoms with Crippen molar-refractivity contribution in [3.8, 4) is 0 Å². The number of aryl methyl sites for hydroxylation is 2. The van der Waals surface area contributed by atoms with Gasteiger partial charge in [-0.15, -0.1) is 11.3 Å². The molecule has 0 aromatic carbocycles. The van der Waals surface area contributed by atoms with E-state index in [1.807, 2.05) is 11.3 Å². The van der Waals surface area contributed by atoms with Crippen molar-refractivity contribution >= 4 is 11.3 Å². The highest BCUT2D eigenvalue weighted by Crippen LogP contribution is 2.44. The van der Waals surface area contributed by atoms with Gasteiger partial charge in [-0.3, -0.25) is 0 Å². The average Bonchev–Trinajstić information content (AvgIpc) is 3.09. The predicted octanol–water partition coefficient (Wildman–Crippen LogP) is 4.17. The fraction of sp³-hybridized carbons (Fsp3) is 0.812. The maximum absolute atomic E-state index is 5.00. The molecule has 3 heteroatoms. The molecule has 2 saturated carbocycles. The van der Waals surface area contributed by atoms with Crippen LogP contribution in [0.5, 0.6) is 0 Å². The van der Waals surface area contributed by atoms with Gasteiger partial charge in [0.1, 0.15) is 5.01 Å². The van der Waals surface area contributed by atoms with E-state index >= 15 is 0 Å². The maximum Gasteiger partial charge on any atom is 0.113 e. The summed E-state index contributed by atoms with van der Waals surface area (Å²) in [6.45, 7) is 6.86. The van der Waals surface area contributed by atoms with Crippen molar-refractivity contribution < 1.29 is 0 Å². The number of nitrogens with zero attached hydrogens (tertiary/aromatic N) is 1. The highest BCUT2D eigenvalue weighted by Gasteiger charge is 2.42. The smallest absolute Gasteiger partial charge is 0.113 e. The van der Waals surface area contributed by atoms with Gasteiger partial charge < -0.3 is 5.32 Å². The van der Waals surface area contributed by atoms with Crippen LogP contribution in [0.4, 0.5) is 0 Å². The van der Waals surface area contributed by atoms with Crippen LogP contribution in [0.1, 0.15) is 68.0 Å². The Morgan fingerprint density at radius 2 is 2.16 bits per heavy atom. The molecule has 0 amide bonds. The quantitative estimate of drug-likeness (QED) is 0.894. The minimum atomic E-state index is 0.196. The molecule has 0 saturated heterocycles. The molecule has 1 aromatic rings. The zero-order valence-corrected chi connectivity index (χ0v) is 13.3. The highest BCUT2D eigenvalue weighted by atomic mass is 32.1. The molecule has 0 spiro atoms. The summed E-state index contributed by atoms with van der Waals surface area (Å²) in [5.74, 6) is 0.828. The van der Waals surface area contributed by atoms with Crippen LogP contribution >= 0.6 is 11.3 Å². The third-order valence-electron chi connectivity index (χ3n) is 4.69. The van der Waals surface area contributed by atoms with E-state index in [4.69, 9.17) is 4.98 Å². The molecule has 19 heavy (non-hydrogen) atoms. The van der Waals surface area contributed by atoms with Gasteiger partial charge in [-0.05, 0) is 44.9 Å². The van der Waals surface area contributed by atoms with Gasteiger partial charge in [0.15, 0.2) is 0 Å². The standard InChI is InChI=1S/C16H26N2S/c1-4-14-12(3)19-15(17-14)16(18-13-7-8-13)9-5-6-11(2)10-16/h11,13,18H,4-10H2,1-3H3. The first kappa shape index (κ1) is 13.6. The zero-order valence-electron chi connectivity index (χ0n) is 12.5. The Morgan fingerprint density at radius 1 is 1.37 bits per heavy atom. The summed E-state index contributed by atoms with van der Waals surface area (Å²) in [5.41, 5.74) is 1.51. The van der Waals surface area contributed by atoms with Gasteiger partial charge in [-0.2, -0.15) is 0 Å². The van der Waals surface area contributed by atoms with Gasteiger partial charge in [0.2, 0.25) is 0 Å². The van der Waals surface area contributed by atoms with Crippen LogP contribution in [0.3, 0.4) is 0 Å². The second-order valence-electron chi connectivity index (χ2n) is 6.58. The normalized spacial score (nSPS) is 31.6. The number of nitrogens with one attached hydrogen (secondary N) is 1. The van der Waals surface area contributed by atoms with Crippen molar-refractivity contribution in [1.82, 2.24) is 10.3 Å². The lowest BCUT2D eigenvalue weighted by molar-refractivity contribution is 0.184. The number of thiazole rings is 1. The summed E-state index contributed by atoms with van der Waals surface area (Å²) >= 11 is 1.94. The second-order valence-corrected chi connectivity index (χ2v) is 7.78. The molecule has 0 aliphatic heterocycles. The molecule has 1 N–H and O–H groups in total. The Hall–Kier alpha value is -0.410. The first-order valence-corrected chi connectivity index (χ1v) is 8.69. The summed E-state index contributed by atoms with van der Waals surface area (Å²) in [6.07, 6.45) is 9.09. The van der Waals surface area contributed by atoms with E-state index in [1.165, 1.54) is 54.1 Å². The first-order valence-electron chi connectivity index (χ1n) is 7.87. The van der Waals surface area contributed by atoms with Gasteiger partial charge in [-0.1, -0.05) is 26.7 Å². The molecule has 2 unspecified atom stereocenters. The van der Waals surface area contributed by atoms with Crippen LogP contribution in [0, 0.1) is 12.8 Å². The third-order valence-corrected chi connectivity index (χ3v) is 5.91. The summed E-state index contributed by atoms with van der Waals surface area (Å²) in [7, 11) is 0. The van der Waals surface area contributed by atoms with Crippen molar-refractivity contribution in [2.75, 3.05) is 0 Å². The van der Waals surface area contributed by atoms with Crippen LogP contribution in [0.2, 0.25) is 0 Å². The Kier molecular flexibility index (Phi) is 3.69. The van der Waals surface area contributed by atoms with Crippen LogP contribution in [0.25, 0.3) is 0 Å². The molecule has 106 valence electrons. The number of aromatic nitrogens is 1. The topological polar surface area (TPSA) is 24.9 Å². The Labute approximate surface area is 121 Å². The number of hydrogen-bond acceptors (Lipinski definition) is 3. The van der Waals surface area contributed by atoms with Crippen LogP contribution < -0.4 is 5.32 Å². The van der Waals surface area contributed by atoms with Crippen molar-refractivity contribution in [3.63, 3.8) is 0 Å². The molecular weight excluding hydrogens is 252 g/mol. The number of hydrogen-bond donors (Lipinski definition) is 1. The Morgan fingerprint density at radius 3 is 2.74 bits per heavy atom. The fourth-order valence-corrected chi connectivity index (χ4v) is 4.71. The molecule has 2 aliphatic carbocycles. The summed E-state index contributed by atoms with van der Waals surface area (Å²) in [5, 5.41) is 5.34. The van der Waals surface area contributed by atoms with Gasteiger partial charge in [-0.25, -0.2) is 4.98 Å².